The largest absolute Gasteiger partial charge is 0.508 e. The van der Waals surface area contributed by atoms with Crippen LogP contribution in [0, 0.1) is 6.92 Å². The van der Waals surface area contributed by atoms with Gasteiger partial charge in [0.1, 0.15) is 10.9 Å². The van der Waals surface area contributed by atoms with Crippen molar-refractivity contribution in [3.8, 4) is 17.1 Å². The number of halogens is 2. The molecule has 100 valence electrons. The van der Waals surface area contributed by atoms with Crippen LogP contribution >= 0.6 is 23.2 Å². The number of aromatic nitrogens is 2. The Balaban J connectivity index is 2.21. The Morgan fingerprint density at radius 3 is 2.55 bits per heavy atom. The number of aromatic hydroxyl groups is 1. The van der Waals surface area contributed by atoms with Crippen molar-refractivity contribution in [2.75, 3.05) is 0 Å². The second-order valence-corrected chi connectivity index (χ2v) is 5.27. The van der Waals surface area contributed by atoms with Gasteiger partial charge in [0.25, 0.3) is 0 Å². The molecule has 0 radical (unpaired) electrons. The zero-order valence-electron chi connectivity index (χ0n) is 10.6. The van der Waals surface area contributed by atoms with Gasteiger partial charge in [-0.2, -0.15) is 0 Å². The van der Waals surface area contributed by atoms with Crippen molar-refractivity contribution in [2.45, 2.75) is 6.92 Å². The lowest BCUT2D eigenvalue weighted by Crippen LogP contribution is -1.92. The lowest BCUT2D eigenvalue weighted by molar-refractivity contribution is 0.476. The molecule has 1 heterocycles. The average molecular weight is 305 g/mol. The fourth-order valence-corrected chi connectivity index (χ4v) is 2.34. The molecule has 3 aromatic rings. The first kappa shape index (κ1) is 13.2. The first-order chi connectivity index (χ1) is 9.54. The van der Waals surface area contributed by atoms with E-state index in [4.69, 9.17) is 23.2 Å². The molecule has 1 N–H and O–H groups in total. The van der Waals surface area contributed by atoms with Gasteiger partial charge in [0.15, 0.2) is 5.82 Å². The van der Waals surface area contributed by atoms with Crippen molar-refractivity contribution >= 4 is 34.1 Å². The molecule has 0 bridgehead atoms. The molecule has 5 heteroatoms. The van der Waals surface area contributed by atoms with Crippen LogP contribution in [0.1, 0.15) is 5.56 Å². The topological polar surface area (TPSA) is 46.0 Å². The minimum absolute atomic E-state index is 0.137. The molecule has 0 unspecified atom stereocenters. The van der Waals surface area contributed by atoms with Gasteiger partial charge in [0, 0.05) is 16.0 Å². The summed E-state index contributed by atoms with van der Waals surface area (Å²) in [4.78, 5) is 8.75. The molecular weight excluding hydrogens is 295 g/mol. The zero-order chi connectivity index (χ0) is 14.3. The number of rotatable bonds is 1. The lowest BCUT2D eigenvalue weighted by Gasteiger charge is -2.06. The number of aryl methyl sites for hydroxylation is 1. The van der Waals surface area contributed by atoms with Gasteiger partial charge in [-0.05, 0) is 48.9 Å². The van der Waals surface area contributed by atoms with Crippen molar-refractivity contribution in [1.29, 1.82) is 0 Å². The zero-order valence-corrected chi connectivity index (χ0v) is 12.1. The lowest BCUT2D eigenvalue weighted by atomic mass is 10.1. The Labute approximate surface area is 125 Å². The Bertz CT molecular complexity index is 818. The van der Waals surface area contributed by atoms with Gasteiger partial charge in [-0.15, -0.1) is 0 Å². The highest BCUT2D eigenvalue weighted by molar-refractivity contribution is 6.34. The summed E-state index contributed by atoms with van der Waals surface area (Å²) in [6, 6.07) is 10.4. The normalized spacial score (nSPS) is 10.9. The van der Waals surface area contributed by atoms with E-state index < -0.39 is 0 Å². The molecule has 2 aromatic carbocycles. The number of nitrogens with zero attached hydrogens (tertiary/aromatic N) is 2. The number of hydrogen-bond donors (Lipinski definition) is 1. The molecule has 0 fully saturated rings. The Hall–Kier alpha value is -1.84. The summed E-state index contributed by atoms with van der Waals surface area (Å²) in [6.45, 7) is 1.92. The molecule has 0 aliphatic rings. The summed E-state index contributed by atoms with van der Waals surface area (Å²) in [7, 11) is 0. The van der Waals surface area contributed by atoms with Crippen LogP contribution in [0.4, 0.5) is 0 Å². The van der Waals surface area contributed by atoms with E-state index in [0.717, 1.165) is 11.1 Å². The SMILES string of the molecule is Cc1cc(-c2nc(Cl)c3cc(O)ccc3n2)ccc1Cl. The van der Waals surface area contributed by atoms with Gasteiger partial charge in [0.05, 0.1) is 5.52 Å². The maximum Gasteiger partial charge on any atom is 0.161 e. The molecular formula is C15H10Cl2N2O. The summed E-state index contributed by atoms with van der Waals surface area (Å²) in [5.41, 5.74) is 2.49. The van der Waals surface area contributed by atoms with Crippen molar-refractivity contribution in [3.05, 3.63) is 52.1 Å². The maximum absolute atomic E-state index is 9.48. The predicted octanol–water partition coefficient (Wildman–Crippen LogP) is 4.62. The smallest absolute Gasteiger partial charge is 0.161 e. The molecule has 0 spiro atoms. The number of fused-ring (bicyclic) bond motifs is 1. The first-order valence-electron chi connectivity index (χ1n) is 5.97. The highest BCUT2D eigenvalue weighted by atomic mass is 35.5. The van der Waals surface area contributed by atoms with Crippen LogP contribution in [0.3, 0.4) is 0 Å². The highest BCUT2D eigenvalue weighted by Gasteiger charge is 2.09. The van der Waals surface area contributed by atoms with E-state index in [9.17, 15) is 5.11 Å². The van der Waals surface area contributed by atoms with Crippen LogP contribution in [0.15, 0.2) is 36.4 Å². The molecule has 1 aromatic heterocycles. The van der Waals surface area contributed by atoms with E-state index in [-0.39, 0.29) is 5.75 Å². The third-order valence-electron chi connectivity index (χ3n) is 3.05. The van der Waals surface area contributed by atoms with Crippen molar-refractivity contribution in [3.63, 3.8) is 0 Å². The minimum atomic E-state index is 0.137. The first-order valence-corrected chi connectivity index (χ1v) is 6.73. The van der Waals surface area contributed by atoms with E-state index in [1.54, 1.807) is 18.2 Å². The van der Waals surface area contributed by atoms with E-state index in [1.807, 2.05) is 25.1 Å². The Morgan fingerprint density at radius 1 is 1.00 bits per heavy atom. The number of hydrogen-bond acceptors (Lipinski definition) is 3. The van der Waals surface area contributed by atoms with E-state index in [2.05, 4.69) is 9.97 Å². The molecule has 0 saturated carbocycles. The van der Waals surface area contributed by atoms with E-state index in [1.165, 1.54) is 0 Å². The van der Waals surface area contributed by atoms with Crippen molar-refractivity contribution in [2.24, 2.45) is 0 Å². The molecule has 0 aliphatic heterocycles. The highest BCUT2D eigenvalue weighted by Crippen LogP contribution is 2.28. The molecule has 0 atom stereocenters. The third kappa shape index (κ3) is 2.30. The summed E-state index contributed by atoms with van der Waals surface area (Å²) in [5, 5.41) is 11.1. The number of benzene rings is 2. The molecule has 20 heavy (non-hydrogen) atoms. The summed E-state index contributed by atoms with van der Waals surface area (Å²) in [5.74, 6) is 0.672. The summed E-state index contributed by atoms with van der Waals surface area (Å²) < 4.78 is 0. The van der Waals surface area contributed by atoms with Crippen LogP contribution in [0.25, 0.3) is 22.3 Å². The van der Waals surface area contributed by atoms with Crippen LogP contribution in [-0.2, 0) is 0 Å². The Morgan fingerprint density at radius 2 is 1.80 bits per heavy atom. The van der Waals surface area contributed by atoms with Gasteiger partial charge in [0.2, 0.25) is 0 Å². The second-order valence-electron chi connectivity index (χ2n) is 4.50. The van der Waals surface area contributed by atoms with E-state index >= 15 is 0 Å². The fourth-order valence-electron chi connectivity index (χ4n) is 1.99. The molecule has 0 saturated heterocycles. The van der Waals surface area contributed by atoms with Gasteiger partial charge >= 0.3 is 0 Å². The van der Waals surface area contributed by atoms with Crippen LogP contribution < -0.4 is 0 Å². The maximum atomic E-state index is 9.48. The standard InChI is InChI=1S/C15H10Cl2N2O/c1-8-6-9(2-4-12(8)16)15-18-13-5-3-10(20)7-11(13)14(17)19-15/h2-7,20H,1H3. The fraction of sp³-hybridized carbons (Fsp3) is 0.0667. The number of phenols is 1. The molecule has 0 amide bonds. The van der Waals surface area contributed by atoms with Crippen LogP contribution in [0.5, 0.6) is 5.75 Å². The van der Waals surface area contributed by atoms with Gasteiger partial charge in [-0.3, -0.25) is 0 Å². The Kier molecular flexibility index (Phi) is 3.24. The predicted molar refractivity (Wildman–Crippen MR) is 81.4 cm³/mol. The minimum Gasteiger partial charge on any atom is -0.508 e. The van der Waals surface area contributed by atoms with Crippen molar-refractivity contribution < 1.29 is 5.11 Å². The third-order valence-corrected chi connectivity index (χ3v) is 3.76. The second kappa shape index (κ2) is 4.93. The van der Waals surface area contributed by atoms with Gasteiger partial charge in [-0.25, -0.2) is 9.97 Å². The van der Waals surface area contributed by atoms with Crippen molar-refractivity contribution in [1.82, 2.24) is 9.97 Å². The van der Waals surface area contributed by atoms with E-state index in [0.29, 0.717) is 26.9 Å². The quantitative estimate of drug-likeness (QED) is 0.667. The average Bonchev–Trinajstić information content (AvgIpc) is 2.42. The molecule has 3 nitrogen and oxygen atoms in total. The molecule has 3 rings (SSSR count). The van der Waals surface area contributed by atoms with Crippen LogP contribution in [-0.4, -0.2) is 15.1 Å². The van der Waals surface area contributed by atoms with Gasteiger partial charge < -0.3 is 5.11 Å². The van der Waals surface area contributed by atoms with Gasteiger partial charge in [-0.1, -0.05) is 23.2 Å². The summed E-state index contributed by atoms with van der Waals surface area (Å²) in [6.07, 6.45) is 0. The van der Waals surface area contributed by atoms with Crippen LogP contribution in [0.2, 0.25) is 10.2 Å². The number of phenolic OH excluding ortho intramolecular Hbond substituents is 1. The monoisotopic (exact) mass is 304 g/mol. The molecule has 0 aliphatic carbocycles. The summed E-state index contributed by atoms with van der Waals surface area (Å²) >= 11 is 12.2.